The van der Waals surface area contributed by atoms with Gasteiger partial charge in [-0.2, -0.15) is 0 Å². The lowest BCUT2D eigenvalue weighted by Crippen LogP contribution is -2.40. The molecule has 0 fully saturated rings. The molecule has 0 rings (SSSR count). The fourth-order valence-corrected chi connectivity index (χ4v) is 2.28. The van der Waals surface area contributed by atoms with E-state index in [4.69, 9.17) is 12.2 Å². The second-order valence-electron chi connectivity index (χ2n) is 5.21. The molecule has 1 atom stereocenters. The second kappa shape index (κ2) is 13.1. The molecule has 108 valence electrons. The summed E-state index contributed by atoms with van der Waals surface area (Å²) < 4.78 is 0. The number of hydrogen-bond acceptors (Lipinski definition) is 1. The molecule has 0 saturated carbocycles. The van der Waals surface area contributed by atoms with Crippen LogP contribution in [0.2, 0.25) is 0 Å². The lowest BCUT2D eigenvalue weighted by Gasteiger charge is -2.16. The van der Waals surface area contributed by atoms with Gasteiger partial charge in [0.2, 0.25) is 0 Å². The molecule has 1 unspecified atom stereocenters. The molecular weight excluding hydrogens is 240 g/mol. The SMILES string of the molecule is CCCCCCCNC(=S)NC(C)CCCCC. The largest absolute Gasteiger partial charge is 0.363 e. The Kier molecular flexibility index (Phi) is 12.9. The summed E-state index contributed by atoms with van der Waals surface area (Å²) in [4.78, 5) is 0. The molecular formula is C15H32N2S. The van der Waals surface area contributed by atoms with Gasteiger partial charge in [-0.1, -0.05) is 58.8 Å². The van der Waals surface area contributed by atoms with E-state index in [9.17, 15) is 0 Å². The maximum atomic E-state index is 5.29. The van der Waals surface area contributed by atoms with E-state index in [1.54, 1.807) is 0 Å². The van der Waals surface area contributed by atoms with Crippen LogP contribution in [-0.4, -0.2) is 17.7 Å². The van der Waals surface area contributed by atoms with Gasteiger partial charge in [0, 0.05) is 12.6 Å². The summed E-state index contributed by atoms with van der Waals surface area (Å²) in [5, 5.41) is 7.49. The molecule has 0 aromatic heterocycles. The van der Waals surface area contributed by atoms with Crippen molar-refractivity contribution in [2.45, 2.75) is 84.6 Å². The van der Waals surface area contributed by atoms with Crippen LogP contribution < -0.4 is 10.6 Å². The minimum atomic E-state index is 0.497. The predicted octanol–water partition coefficient (Wildman–Crippen LogP) is 4.39. The Hall–Kier alpha value is -0.310. The Morgan fingerprint density at radius 3 is 2.22 bits per heavy atom. The molecule has 2 nitrogen and oxygen atoms in total. The number of rotatable bonds is 11. The first-order valence-electron chi connectivity index (χ1n) is 7.75. The van der Waals surface area contributed by atoms with Crippen molar-refractivity contribution in [1.29, 1.82) is 0 Å². The molecule has 0 aliphatic rings. The monoisotopic (exact) mass is 272 g/mol. The standard InChI is InChI=1S/C15H32N2S/c1-4-6-8-9-11-13-16-15(18)17-14(3)12-10-7-5-2/h14H,4-13H2,1-3H3,(H2,16,17,18). The predicted molar refractivity (Wildman–Crippen MR) is 86.1 cm³/mol. The molecule has 0 aliphatic carbocycles. The summed E-state index contributed by atoms with van der Waals surface area (Å²) in [7, 11) is 0. The molecule has 0 amide bonds. The maximum absolute atomic E-state index is 5.29. The van der Waals surface area contributed by atoms with Crippen molar-refractivity contribution >= 4 is 17.3 Å². The Balaban J connectivity index is 3.35. The molecule has 0 bridgehead atoms. The van der Waals surface area contributed by atoms with E-state index >= 15 is 0 Å². The fraction of sp³-hybridized carbons (Fsp3) is 0.933. The van der Waals surface area contributed by atoms with Gasteiger partial charge in [0.15, 0.2) is 5.11 Å². The zero-order chi connectivity index (χ0) is 13.6. The third kappa shape index (κ3) is 12.2. The van der Waals surface area contributed by atoms with Crippen molar-refractivity contribution in [2.24, 2.45) is 0 Å². The van der Waals surface area contributed by atoms with E-state index in [0.29, 0.717) is 6.04 Å². The van der Waals surface area contributed by atoms with Gasteiger partial charge in [0.05, 0.1) is 0 Å². The highest BCUT2D eigenvalue weighted by molar-refractivity contribution is 7.80. The summed E-state index contributed by atoms with van der Waals surface area (Å²) in [5.41, 5.74) is 0. The van der Waals surface area contributed by atoms with E-state index in [0.717, 1.165) is 11.7 Å². The normalized spacial score (nSPS) is 12.2. The topological polar surface area (TPSA) is 24.1 Å². The molecule has 0 heterocycles. The van der Waals surface area contributed by atoms with Crippen LogP contribution in [0.25, 0.3) is 0 Å². The molecule has 18 heavy (non-hydrogen) atoms. The number of thiocarbonyl (C=S) groups is 1. The number of nitrogens with one attached hydrogen (secondary N) is 2. The van der Waals surface area contributed by atoms with E-state index in [2.05, 4.69) is 31.4 Å². The number of unbranched alkanes of at least 4 members (excludes halogenated alkanes) is 6. The highest BCUT2D eigenvalue weighted by atomic mass is 32.1. The summed E-state index contributed by atoms with van der Waals surface area (Å²) in [6.07, 6.45) is 11.7. The zero-order valence-electron chi connectivity index (χ0n) is 12.6. The number of hydrogen-bond donors (Lipinski definition) is 2. The van der Waals surface area contributed by atoms with Crippen molar-refractivity contribution in [3.63, 3.8) is 0 Å². The third-order valence-electron chi connectivity index (χ3n) is 3.18. The fourth-order valence-electron chi connectivity index (χ4n) is 1.98. The van der Waals surface area contributed by atoms with Gasteiger partial charge in [-0.15, -0.1) is 0 Å². The molecule has 0 aromatic rings. The minimum absolute atomic E-state index is 0.497. The van der Waals surface area contributed by atoms with Crippen LogP contribution in [0.1, 0.15) is 78.6 Å². The average Bonchev–Trinajstić information content (AvgIpc) is 2.34. The van der Waals surface area contributed by atoms with E-state index in [1.807, 2.05) is 0 Å². The van der Waals surface area contributed by atoms with Gasteiger partial charge in [0.1, 0.15) is 0 Å². The van der Waals surface area contributed by atoms with Gasteiger partial charge in [-0.05, 0) is 32.0 Å². The molecule has 3 heteroatoms. The Labute approximate surface area is 119 Å². The van der Waals surface area contributed by atoms with Gasteiger partial charge in [-0.25, -0.2) is 0 Å². The van der Waals surface area contributed by atoms with Gasteiger partial charge < -0.3 is 10.6 Å². The van der Waals surface area contributed by atoms with Crippen molar-refractivity contribution < 1.29 is 0 Å². The summed E-state index contributed by atoms with van der Waals surface area (Å²) >= 11 is 5.29. The lowest BCUT2D eigenvalue weighted by molar-refractivity contribution is 0.548. The van der Waals surface area contributed by atoms with Crippen molar-refractivity contribution in [3.05, 3.63) is 0 Å². The molecule has 0 aromatic carbocycles. The maximum Gasteiger partial charge on any atom is 0.166 e. The van der Waals surface area contributed by atoms with E-state index < -0.39 is 0 Å². The van der Waals surface area contributed by atoms with E-state index in [-0.39, 0.29) is 0 Å². The highest BCUT2D eigenvalue weighted by Crippen LogP contribution is 2.03. The lowest BCUT2D eigenvalue weighted by atomic mass is 10.1. The average molecular weight is 273 g/mol. The van der Waals surface area contributed by atoms with Crippen LogP contribution in [0.5, 0.6) is 0 Å². The van der Waals surface area contributed by atoms with Crippen LogP contribution in [0.4, 0.5) is 0 Å². The first-order chi connectivity index (χ1) is 8.70. The zero-order valence-corrected chi connectivity index (χ0v) is 13.4. The molecule has 2 N–H and O–H groups in total. The van der Waals surface area contributed by atoms with Crippen molar-refractivity contribution in [3.8, 4) is 0 Å². The minimum Gasteiger partial charge on any atom is -0.363 e. The van der Waals surface area contributed by atoms with Crippen LogP contribution >= 0.6 is 12.2 Å². The highest BCUT2D eigenvalue weighted by Gasteiger charge is 2.02. The van der Waals surface area contributed by atoms with E-state index in [1.165, 1.54) is 57.8 Å². The van der Waals surface area contributed by atoms with Crippen LogP contribution in [0, 0.1) is 0 Å². The van der Waals surface area contributed by atoms with Gasteiger partial charge in [0.25, 0.3) is 0 Å². The molecule has 0 saturated heterocycles. The Bertz CT molecular complexity index is 195. The molecule has 0 aliphatic heterocycles. The summed E-state index contributed by atoms with van der Waals surface area (Å²) in [5.74, 6) is 0. The van der Waals surface area contributed by atoms with Crippen LogP contribution in [-0.2, 0) is 0 Å². The van der Waals surface area contributed by atoms with Gasteiger partial charge in [-0.3, -0.25) is 0 Å². The third-order valence-corrected chi connectivity index (χ3v) is 3.45. The van der Waals surface area contributed by atoms with Gasteiger partial charge >= 0.3 is 0 Å². The quantitative estimate of drug-likeness (QED) is 0.431. The Morgan fingerprint density at radius 2 is 1.56 bits per heavy atom. The van der Waals surface area contributed by atoms with Crippen molar-refractivity contribution in [1.82, 2.24) is 10.6 Å². The summed E-state index contributed by atoms with van der Waals surface area (Å²) in [6, 6.07) is 0.497. The smallest absolute Gasteiger partial charge is 0.166 e. The summed E-state index contributed by atoms with van der Waals surface area (Å²) in [6.45, 7) is 7.71. The second-order valence-corrected chi connectivity index (χ2v) is 5.62. The first-order valence-corrected chi connectivity index (χ1v) is 8.15. The van der Waals surface area contributed by atoms with Crippen molar-refractivity contribution in [2.75, 3.05) is 6.54 Å². The van der Waals surface area contributed by atoms with Crippen LogP contribution in [0.3, 0.4) is 0 Å². The first kappa shape index (κ1) is 17.7. The van der Waals surface area contributed by atoms with Crippen LogP contribution in [0.15, 0.2) is 0 Å². The molecule has 0 radical (unpaired) electrons. The molecule has 0 spiro atoms. The Morgan fingerprint density at radius 1 is 0.944 bits per heavy atom.